The molecule has 0 unspecified atom stereocenters. The Hall–Kier alpha value is -4.02. The van der Waals surface area contributed by atoms with E-state index < -0.39 is 11.6 Å². The maximum absolute atomic E-state index is 14.2. The second-order valence-electron chi connectivity index (χ2n) is 15.0. The lowest BCUT2D eigenvalue weighted by molar-refractivity contribution is -0.157. The summed E-state index contributed by atoms with van der Waals surface area (Å²) in [7, 11) is 0. The number of carbonyl (C=O) groups excluding carboxylic acids is 1. The summed E-state index contributed by atoms with van der Waals surface area (Å²) in [5, 5.41) is 0. The lowest BCUT2D eigenvalue weighted by atomic mass is 9.64. The highest BCUT2D eigenvalue weighted by molar-refractivity contribution is 6.13. The minimum atomic E-state index is -0.771. The summed E-state index contributed by atoms with van der Waals surface area (Å²) in [6, 6.07) is 40.7. The smallest absolute Gasteiger partial charge is 0.332 e. The van der Waals surface area contributed by atoms with Gasteiger partial charge in [-0.25, -0.2) is 4.79 Å². The maximum Gasteiger partial charge on any atom is 0.332 e. The van der Waals surface area contributed by atoms with Crippen LogP contribution in [0.2, 0.25) is 0 Å². The Bertz CT molecular complexity index is 1550. The van der Waals surface area contributed by atoms with Gasteiger partial charge in [-0.3, -0.25) is 4.99 Å². The fourth-order valence-corrected chi connectivity index (χ4v) is 7.29. The highest BCUT2D eigenvalue weighted by Gasteiger charge is 2.41. The fourth-order valence-electron chi connectivity index (χ4n) is 7.29. The second kappa shape index (κ2) is 15.9. The van der Waals surface area contributed by atoms with Crippen LogP contribution in [0.25, 0.3) is 0 Å². The van der Waals surface area contributed by atoms with Gasteiger partial charge >= 0.3 is 5.97 Å². The van der Waals surface area contributed by atoms with Gasteiger partial charge in [-0.05, 0) is 68.4 Å². The van der Waals surface area contributed by atoms with E-state index in [1.54, 1.807) is 0 Å². The first-order valence-electron chi connectivity index (χ1n) is 17.7. The normalized spacial score (nSPS) is 19.6. The van der Waals surface area contributed by atoms with Crippen molar-refractivity contribution < 1.29 is 14.3 Å². The van der Waals surface area contributed by atoms with Gasteiger partial charge in [-0.1, -0.05) is 149 Å². The standard InChI is InChI=1S/C44H53NO3/c1-32-27-28-38(44(5,6)36-25-17-10-18-26-36)39(31-32)47-30-29-37(33-19-11-7-12-20-33)41(42(46)48-43(2,3)4)45-40(34-21-13-8-14-22-34)35-23-15-9-16-24-35/h7-26,32,37-39,41H,27-31H2,1-6H3/t32-,37+,38-,39-,41-/m1/s1. The Labute approximate surface area is 288 Å². The Morgan fingerprint density at radius 1 is 0.750 bits per heavy atom. The van der Waals surface area contributed by atoms with Gasteiger partial charge in [0.2, 0.25) is 0 Å². The van der Waals surface area contributed by atoms with Crippen LogP contribution < -0.4 is 0 Å². The molecule has 252 valence electrons. The van der Waals surface area contributed by atoms with E-state index in [-0.39, 0.29) is 23.4 Å². The van der Waals surface area contributed by atoms with Crippen molar-refractivity contribution in [1.29, 1.82) is 0 Å². The monoisotopic (exact) mass is 643 g/mol. The molecular formula is C44H53NO3. The molecule has 0 bridgehead atoms. The molecule has 0 amide bonds. The van der Waals surface area contributed by atoms with E-state index in [2.05, 4.69) is 87.5 Å². The van der Waals surface area contributed by atoms with Crippen LogP contribution in [0.3, 0.4) is 0 Å². The molecular weight excluding hydrogens is 590 g/mol. The molecule has 1 aliphatic rings. The quantitative estimate of drug-likeness (QED) is 0.114. The topological polar surface area (TPSA) is 47.9 Å². The van der Waals surface area contributed by atoms with Crippen LogP contribution in [0, 0.1) is 11.8 Å². The van der Waals surface area contributed by atoms with Gasteiger partial charge in [0.05, 0.1) is 11.8 Å². The first kappa shape index (κ1) is 35.3. The zero-order chi connectivity index (χ0) is 34.1. The minimum Gasteiger partial charge on any atom is -0.458 e. The van der Waals surface area contributed by atoms with Crippen LogP contribution in [0.4, 0.5) is 0 Å². The molecule has 0 saturated heterocycles. The first-order valence-corrected chi connectivity index (χ1v) is 17.7. The van der Waals surface area contributed by atoms with Gasteiger partial charge in [0, 0.05) is 23.7 Å². The van der Waals surface area contributed by atoms with Crippen LogP contribution in [-0.2, 0) is 19.7 Å². The summed E-state index contributed by atoms with van der Waals surface area (Å²) >= 11 is 0. The predicted molar refractivity (Wildman–Crippen MR) is 198 cm³/mol. The molecule has 0 N–H and O–H groups in total. The number of esters is 1. The van der Waals surface area contributed by atoms with Crippen molar-refractivity contribution in [2.45, 2.75) is 96.3 Å². The maximum atomic E-state index is 14.2. The third-order valence-electron chi connectivity index (χ3n) is 9.88. The Balaban J connectivity index is 1.50. The highest BCUT2D eigenvalue weighted by atomic mass is 16.6. The van der Waals surface area contributed by atoms with Crippen molar-refractivity contribution >= 4 is 11.7 Å². The van der Waals surface area contributed by atoms with Gasteiger partial charge in [0.1, 0.15) is 5.60 Å². The number of carbonyl (C=O) groups is 1. The van der Waals surface area contributed by atoms with E-state index in [1.807, 2.05) is 75.4 Å². The Kier molecular flexibility index (Phi) is 11.7. The molecule has 5 atom stereocenters. The molecule has 4 heteroatoms. The van der Waals surface area contributed by atoms with Crippen LogP contribution in [0.15, 0.2) is 126 Å². The van der Waals surface area contributed by atoms with Crippen molar-refractivity contribution in [3.05, 3.63) is 144 Å². The second-order valence-corrected chi connectivity index (χ2v) is 15.0. The predicted octanol–water partition coefficient (Wildman–Crippen LogP) is 10.2. The van der Waals surface area contributed by atoms with Crippen molar-refractivity contribution in [2.75, 3.05) is 6.61 Å². The van der Waals surface area contributed by atoms with Gasteiger partial charge in [-0.15, -0.1) is 0 Å². The summed E-state index contributed by atoms with van der Waals surface area (Å²) in [4.78, 5) is 19.6. The van der Waals surface area contributed by atoms with E-state index in [9.17, 15) is 4.79 Å². The first-order chi connectivity index (χ1) is 23.0. The largest absolute Gasteiger partial charge is 0.458 e. The Morgan fingerprint density at radius 3 is 1.81 bits per heavy atom. The van der Waals surface area contributed by atoms with E-state index in [1.165, 1.54) is 12.0 Å². The summed E-state index contributed by atoms with van der Waals surface area (Å²) in [5.74, 6) is 0.440. The van der Waals surface area contributed by atoms with Crippen LogP contribution in [-0.4, -0.2) is 36.0 Å². The summed E-state index contributed by atoms with van der Waals surface area (Å²) < 4.78 is 13.0. The number of ether oxygens (including phenoxy) is 2. The van der Waals surface area contributed by atoms with E-state index in [0.29, 0.717) is 24.9 Å². The molecule has 4 nitrogen and oxygen atoms in total. The van der Waals surface area contributed by atoms with Crippen molar-refractivity contribution in [2.24, 2.45) is 16.8 Å². The number of nitrogens with zero attached hydrogens (tertiary/aromatic N) is 1. The lowest BCUT2D eigenvalue weighted by Gasteiger charge is -2.44. The molecule has 0 heterocycles. The number of hydrogen-bond donors (Lipinski definition) is 0. The summed E-state index contributed by atoms with van der Waals surface area (Å²) in [6.07, 6.45) is 4.16. The van der Waals surface area contributed by atoms with Gasteiger partial charge in [0.25, 0.3) is 0 Å². The SMILES string of the molecule is C[C@@H]1CC[C@@H](C(C)(C)c2ccccc2)[C@H](OCC[C@@H](c2ccccc2)[C@@H](N=C(c2ccccc2)c2ccccc2)C(=O)OC(C)(C)C)C1. The van der Waals surface area contributed by atoms with Crippen molar-refractivity contribution in [1.82, 2.24) is 0 Å². The van der Waals surface area contributed by atoms with Crippen molar-refractivity contribution in [3.8, 4) is 0 Å². The van der Waals surface area contributed by atoms with E-state index >= 15 is 0 Å². The van der Waals surface area contributed by atoms with Crippen LogP contribution >= 0.6 is 0 Å². The van der Waals surface area contributed by atoms with Crippen molar-refractivity contribution in [3.63, 3.8) is 0 Å². The molecule has 1 saturated carbocycles. The summed E-state index contributed by atoms with van der Waals surface area (Å²) in [5.41, 5.74) is 4.43. The Morgan fingerprint density at radius 2 is 1.27 bits per heavy atom. The number of benzene rings is 4. The van der Waals surface area contributed by atoms with Crippen LogP contribution in [0.5, 0.6) is 0 Å². The number of rotatable bonds is 12. The third-order valence-corrected chi connectivity index (χ3v) is 9.88. The third kappa shape index (κ3) is 9.11. The van der Waals surface area contributed by atoms with Gasteiger partial charge in [0.15, 0.2) is 6.04 Å². The zero-order valence-electron chi connectivity index (χ0n) is 29.6. The molecule has 5 rings (SSSR count). The van der Waals surface area contributed by atoms with Gasteiger partial charge in [-0.2, -0.15) is 0 Å². The zero-order valence-corrected chi connectivity index (χ0v) is 29.6. The molecule has 4 aromatic carbocycles. The molecule has 0 spiro atoms. The molecule has 0 aliphatic heterocycles. The minimum absolute atomic E-state index is 0.0193. The average Bonchev–Trinajstić information content (AvgIpc) is 3.08. The molecule has 4 aromatic rings. The fraction of sp³-hybridized carbons (Fsp3) is 0.409. The molecule has 0 radical (unpaired) electrons. The van der Waals surface area contributed by atoms with E-state index in [4.69, 9.17) is 14.5 Å². The molecule has 1 fully saturated rings. The number of aliphatic imine (C=N–C) groups is 1. The van der Waals surface area contributed by atoms with E-state index in [0.717, 1.165) is 35.2 Å². The van der Waals surface area contributed by atoms with Gasteiger partial charge < -0.3 is 9.47 Å². The molecule has 0 aromatic heterocycles. The molecule has 1 aliphatic carbocycles. The molecule has 48 heavy (non-hydrogen) atoms. The number of hydrogen-bond acceptors (Lipinski definition) is 4. The average molecular weight is 644 g/mol. The highest BCUT2D eigenvalue weighted by Crippen LogP contribution is 2.44. The van der Waals surface area contributed by atoms with Crippen LogP contribution in [0.1, 0.15) is 95.4 Å². The summed E-state index contributed by atoms with van der Waals surface area (Å²) in [6.45, 7) is 13.4. The lowest BCUT2D eigenvalue weighted by Crippen LogP contribution is -2.43.